The average Bonchev–Trinajstić information content (AvgIpc) is 2.71. The van der Waals surface area contributed by atoms with Crippen LogP contribution in [-0.2, 0) is 0 Å². The third-order valence-corrected chi connectivity index (χ3v) is 3.50. The molecule has 1 unspecified atom stereocenters. The molecule has 0 spiro atoms. The molecule has 18 heavy (non-hydrogen) atoms. The van der Waals surface area contributed by atoms with E-state index in [2.05, 4.69) is 57.1 Å². The second-order valence-corrected chi connectivity index (χ2v) is 5.21. The van der Waals surface area contributed by atoms with Crippen LogP contribution in [0, 0.1) is 12.8 Å². The maximum Gasteiger partial charge on any atom is 0.175 e. The number of nitrogens with two attached hydrogens (primary N) is 1. The van der Waals surface area contributed by atoms with Gasteiger partial charge in [0.2, 0.25) is 0 Å². The molecule has 0 amide bonds. The Morgan fingerprint density at radius 2 is 1.72 bits per heavy atom. The molecule has 0 aliphatic rings. The molecule has 1 aromatic carbocycles. The second kappa shape index (κ2) is 4.84. The molecule has 0 saturated heterocycles. The van der Waals surface area contributed by atoms with Crippen molar-refractivity contribution in [3.05, 3.63) is 35.6 Å². The number of rotatable bonds is 3. The van der Waals surface area contributed by atoms with Gasteiger partial charge in [0.25, 0.3) is 0 Å². The van der Waals surface area contributed by atoms with Crippen molar-refractivity contribution in [3.8, 4) is 11.1 Å². The molecule has 0 aliphatic carbocycles. The summed E-state index contributed by atoms with van der Waals surface area (Å²) >= 11 is 0. The van der Waals surface area contributed by atoms with E-state index in [1.807, 2.05) is 0 Å². The monoisotopic (exact) mass is 244 g/mol. The van der Waals surface area contributed by atoms with Gasteiger partial charge in [-0.05, 0) is 18.4 Å². The van der Waals surface area contributed by atoms with E-state index in [0.717, 1.165) is 16.9 Å². The number of hydrogen-bond acceptors (Lipinski definition) is 3. The normalized spacial score (nSPS) is 12.9. The van der Waals surface area contributed by atoms with E-state index in [1.165, 1.54) is 5.56 Å². The molecule has 3 nitrogen and oxygen atoms in total. The summed E-state index contributed by atoms with van der Waals surface area (Å²) in [6.45, 7) is 8.55. The van der Waals surface area contributed by atoms with Gasteiger partial charge in [-0.15, -0.1) is 0 Å². The highest BCUT2D eigenvalue weighted by atomic mass is 16.5. The van der Waals surface area contributed by atoms with Crippen LogP contribution in [-0.4, -0.2) is 5.16 Å². The lowest BCUT2D eigenvalue weighted by Gasteiger charge is -2.13. The van der Waals surface area contributed by atoms with E-state index >= 15 is 0 Å². The van der Waals surface area contributed by atoms with Crippen molar-refractivity contribution in [1.29, 1.82) is 0 Å². The molecule has 2 aromatic rings. The van der Waals surface area contributed by atoms with Gasteiger partial charge in [0.05, 0.1) is 5.56 Å². The first kappa shape index (κ1) is 12.7. The summed E-state index contributed by atoms with van der Waals surface area (Å²) in [6, 6.07) is 8.28. The lowest BCUT2D eigenvalue weighted by molar-refractivity contribution is 0.341. The highest BCUT2D eigenvalue weighted by Gasteiger charge is 2.23. The Bertz CT molecular complexity index is 526. The van der Waals surface area contributed by atoms with Crippen molar-refractivity contribution in [2.24, 2.45) is 5.92 Å². The molecule has 0 radical (unpaired) electrons. The third-order valence-electron chi connectivity index (χ3n) is 3.50. The van der Waals surface area contributed by atoms with E-state index in [0.29, 0.717) is 17.7 Å². The Morgan fingerprint density at radius 1 is 1.11 bits per heavy atom. The van der Waals surface area contributed by atoms with Gasteiger partial charge < -0.3 is 10.3 Å². The molecule has 2 rings (SSSR count). The van der Waals surface area contributed by atoms with Crippen LogP contribution in [0.5, 0.6) is 0 Å². The second-order valence-electron chi connectivity index (χ2n) is 5.21. The van der Waals surface area contributed by atoms with Gasteiger partial charge >= 0.3 is 0 Å². The number of nitrogens with zero attached hydrogens (tertiary/aromatic N) is 1. The van der Waals surface area contributed by atoms with Crippen LogP contribution in [0.3, 0.4) is 0 Å². The van der Waals surface area contributed by atoms with Crippen molar-refractivity contribution < 1.29 is 4.52 Å². The smallest absolute Gasteiger partial charge is 0.175 e. The Labute approximate surface area is 108 Å². The molecule has 96 valence electrons. The lowest BCUT2D eigenvalue weighted by atomic mass is 9.90. The quantitative estimate of drug-likeness (QED) is 0.888. The predicted octanol–water partition coefficient (Wildman–Crippen LogP) is 3.99. The van der Waals surface area contributed by atoms with E-state index in [-0.39, 0.29) is 0 Å². The number of anilines is 1. The Morgan fingerprint density at radius 3 is 2.28 bits per heavy atom. The third kappa shape index (κ3) is 2.26. The fraction of sp³-hybridized carbons (Fsp3) is 0.400. The SMILES string of the molecule is Cc1ccc(-c2c(N)noc2C(C)C(C)C)cc1. The Hall–Kier alpha value is -1.77. The molecule has 1 heterocycles. The maximum absolute atomic E-state index is 5.94. The van der Waals surface area contributed by atoms with Crippen molar-refractivity contribution in [2.75, 3.05) is 5.73 Å². The minimum absolute atomic E-state index is 0.297. The molecule has 0 aliphatic heterocycles. The van der Waals surface area contributed by atoms with Gasteiger partial charge in [0, 0.05) is 5.92 Å². The van der Waals surface area contributed by atoms with E-state index in [1.54, 1.807) is 0 Å². The number of benzene rings is 1. The minimum Gasteiger partial charge on any atom is -0.380 e. The van der Waals surface area contributed by atoms with Gasteiger partial charge in [-0.2, -0.15) is 0 Å². The predicted molar refractivity (Wildman–Crippen MR) is 74.3 cm³/mol. The topological polar surface area (TPSA) is 52.0 Å². The molecule has 0 saturated carbocycles. The van der Waals surface area contributed by atoms with Gasteiger partial charge in [0.1, 0.15) is 5.76 Å². The molecule has 3 heteroatoms. The van der Waals surface area contributed by atoms with Gasteiger partial charge in [0.15, 0.2) is 5.82 Å². The minimum atomic E-state index is 0.297. The van der Waals surface area contributed by atoms with Crippen LogP contribution < -0.4 is 5.73 Å². The summed E-state index contributed by atoms with van der Waals surface area (Å²) in [5, 5.41) is 3.92. The van der Waals surface area contributed by atoms with E-state index in [9.17, 15) is 0 Å². The summed E-state index contributed by atoms with van der Waals surface area (Å²) in [5.41, 5.74) is 9.19. The average molecular weight is 244 g/mol. The van der Waals surface area contributed by atoms with Gasteiger partial charge in [-0.25, -0.2) is 0 Å². The van der Waals surface area contributed by atoms with Crippen molar-refractivity contribution in [3.63, 3.8) is 0 Å². The fourth-order valence-corrected chi connectivity index (χ4v) is 1.94. The molecule has 0 bridgehead atoms. The van der Waals surface area contributed by atoms with Crippen molar-refractivity contribution in [2.45, 2.75) is 33.6 Å². The van der Waals surface area contributed by atoms with Crippen LogP contribution in [0.2, 0.25) is 0 Å². The maximum atomic E-state index is 5.94. The zero-order valence-corrected chi connectivity index (χ0v) is 11.4. The number of nitrogen functional groups attached to an aromatic ring is 1. The first-order valence-corrected chi connectivity index (χ1v) is 6.32. The number of aromatic nitrogens is 1. The number of hydrogen-bond donors (Lipinski definition) is 1. The lowest BCUT2D eigenvalue weighted by Crippen LogP contribution is -2.02. The van der Waals surface area contributed by atoms with Crippen LogP contribution in [0.25, 0.3) is 11.1 Å². The summed E-state index contributed by atoms with van der Waals surface area (Å²) in [5.74, 6) is 2.14. The first-order valence-electron chi connectivity index (χ1n) is 6.32. The standard InChI is InChI=1S/C15H20N2O/c1-9(2)11(4)14-13(15(16)17-18-14)12-7-5-10(3)6-8-12/h5-9,11H,1-4H3,(H2,16,17). The van der Waals surface area contributed by atoms with Crippen LogP contribution in [0.15, 0.2) is 28.8 Å². The highest BCUT2D eigenvalue weighted by Crippen LogP contribution is 2.36. The molecular formula is C15H20N2O. The van der Waals surface area contributed by atoms with E-state index in [4.69, 9.17) is 10.3 Å². The largest absolute Gasteiger partial charge is 0.380 e. The fourth-order valence-electron chi connectivity index (χ4n) is 1.94. The molecular weight excluding hydrogens is 224 g/mol. The van der Waals surface area contributed by atoms with Crippen molar-refractivity contribution in [1.82, 2.24) is 5.16 Å². The summed E-state index contributed by atoms with van der Waals surface area (Å²) in [4.78, 5) is 0. The summed E-state index contributed by atoms with van der Waals surface area (Å²) < 4.78 is 5.43. The van der Waals surface area contributed by atoms with Gasteiger partial charge in [-0.3, -0.25) is 0 Å². The number of aryl methyl sites for hydroxylation is 1. The Kier molecular flexibility index (Phi) is 3.41. The van der Waals surface area contributed by atoms with Crippen LogP contribution in [0.1, 0.15) is 38.0 Å². The van der Waals surface area contributed by atoms with Crippen molar-refractivity contribution >= 4 is 5.82 Å². The van der Waals surface area contributed by atoms with E-state index < -0.39 is 0 Å². The molecule has 1 aromatic heterocycles. The summed E-state index contributed by atoms with van der Waals surface area (Å²) in [7, 11) is 0. The summed E-state index contributed by atoms with van der Waals surface area (Å²) in [6.07, 6.45) is 0. The van der Waals surface area contributed by atoms with Gasteiger partial charge in [-0.1, -0.05) is 55.8 Å². The van der Waals surface area contributed by atoms with Crippen LogP contribution >= 0.6 is 0 Å². The molecule has 0 fully saturated rings. The molecule has 1 atom stereocenters. The highest BCUT2D eigenvalue weighted by molar-refractivity contribution is 5.76. The zero-order chi connectivity index (χ0) is 13.3. The first-order chi connectivity index (χ1) is 8.50. The van der Waals surface area contributed by atoms with Crippen LogP contribution in [0.4, 0.5) is 5.82 Å². The molecule has 2 N–H and O–H groups in total. The zero-order valence-electron chi connectivity index (χ0n) is 11.4. The Balaban J connectivity index is 2.50.